The number of carbonyl (C=O) groups is 1. The minimum absolute atomic E-state index is 0.0865. The minimum Gasteiger partial charge on any atom is -0.458 e. The Hall–Kier alpha value is -1.09. The fourth-order valence-electron chi connectivity index (χ4n) is 6.63. The highest BCUT2D eigenvalue weighted by atomic mass is 16.5. The van der Waals surface area contributed by atoms with Crippen molar-refractivity contribution in [2.24, 2.45) is 34.5 Å². The van der Waals surface area contributed by atoms with E-state index in [-0.39, 0.29) is 29.0 Å². The lowest BCUT2D eigenvalue weighted by Gasteiger charge is -2.63. The number of rotatable bonds is 2. The van der Waals surface area contributed by atoms with Crippen LogP contribution in [0.25, 0.3) is 0 Å². The smallest absolute Gasteiger partial charge is 0.303 e. The number of aliphatic hydroxyl groups is 1. The predicted molar refractivity (Wildman–Crippen MR) is 99.8 cm³/mol. The van der Waals surface area contributed by atoms with Gasteiger partial charge >= 0.3 is 5.97 Å². The van der Waals surface area contributed by atoms with Crippen molar-refractivity contribution in [2.75, 3.05) is 0 Å². The Morgan fingerprint density at radius 2 is 2.00 bits per heavy atom. The first-order valence-corrected chi connectivity index (χ1v) is 9.82. The first-order valence-electron chi connectivity index (χ1n) is 9.82. The number of hydrogen-bond donors (Lipinski definition) is 1. The van der Waals surface area contributed by atoms with Gasteiger partial charge in [0.05, 0.1) is 6.10 Å². The fourth-order valence-corrected chi connectivity index (χ4v) is 6.63. The van der Waals surface area contributed by atoms with Crippen molar-refractivity contribution in [2.45, 2.75) is 72.5 Å². The van der Waals surface area contributed by atoms with Crippen molar-refractivity contribution in [3.05, 3.63) is 24.3 Å². The summed E-state index contributed by atoms with van der Waals surface area (Å²) in [5.41, 5.74) is 1.21. The lowest BCUT2D eigenvalue weighted by molar-refractivity contribution is -0.186. The number of allylic oxidation sites excluding steroid dienone is 2. The predicted octanol–water partition coefficient (Wildman–Crippen LogP) is 4.51. The number of carbonyl (C=O) groups excluding carboxylic acids is 1. The monoisotopic (exact) mass is 346 g/mol. The number of aliphatic hydroxyl groups excluding tert-OH is 1. The molecule has 3 aliphatic carbocycles. The molecule has 3 heteroatoms. The zero-order valence-electron chi connectivity index (χ0n) is 16.4. The second-order valence-electron chi connectivity index (χ2n) is 9.43. The molecular weight excluding hydrogens is 312 g/mol. The van der Waals surface area contributed by atoms with Gasteiger partial charge in [0.1, 0.15) is 6.10 Å². The summed E-state index contributed by atoms with van der Waals surface area (Å²) in [6.45, 7) is 14.6. The van der Waals surface area contributed by atoms with Crippen LogP contribution in [0.1, 0.15) is 60.3 Å². The molecule has 0 heterocycles. The van der Waals surface area contributed by atoms with Gasteiger partial charge in [0.2, 0.25) is 0 Å². The average Bonchev–Trinajstić information content (AvgIpc) is 2.53. The number of ether oxygens (including phenoxy) is 1. The molecule has 1 N–H and O–H groups in total. The number of fused-ring (bicyclic) bond motifs is 3. The lowest BCUT2D eigenvalue weighted by atomic mass is 9.43. The van der Waals surface area contributed by atoms with Crippen LogP contribution in [0.5, 0.6) is 0 Å². The van der Waals surface area contributed by atoms with E-state index in [9.17, 15) is 9.90 Å². The number of esters is 1. The summed E-state index contributed by atoms with van der Waals surface area (Å²) in [7, 11) is 0. The quantitative estimate of drug-likeness (QED) is 0.748. The summed E-state index contributed by atoms with van der Waals surface area (Å²) >= 11 is 0. The molecule has 2 fully saturated rings. The van der Waals surface area contributed by atoms with Crippen LogP contribution in [0.4, 0.5) is 0 Å². The molecule has 0 aromatic carbocycles. The van der Waals surface area contributed by atoms with Gasteiger partial charge in [0, 0.05) is 12.8 Å². The molecule has 3 rings (SSSR count). The van der Waals surface area contributed by atoms with Crippen LogP contribution < -0.4 is 0 Å². The van der Waals surface area contributed by atoms with Crippen LogP contribution in [0.2, 0.25) is 0 Å². The van der Waals surface area contributed by atoms with Gasteiger partial charge in [-0.2, -0.15) is 0 Å². The molecule has 7 atom stereocenters. The Labute approximate surface area is 152 Å². The third kappa shape index (κ3) is 2.79. The molecule has 25 heavy (non-hydrogen) atoms. The van der Waals surface area contributed by atoms with Crippen LogP contribution in [0.15, 0.2) is 24.3 Å². The van der Waals surface area contributed by atoms with Crippen LogP contribution in [0.3, 0.4) is 0 Å². The minimum atomic E-state index is -0.241. The molecule has 140 valence electrons. The van der Waals surface area contributed by atoms with E-state index in [2.05, 4.69) is 40.3 Å². The molecule has 0 spiro atoms. The van der Waals surface area contributed by atoms with Gasteiger partial charge < -0.3 is 9.84 Å². The molecule has 3 aliphatic rings. The fraction of sp³-hybridized carbons (Fsp3) is 0.773. The summed E-state index contributed by atoms with van der Waals surface area (Å²) in [4.78, 5) is 11.8. The Bertz CT molecular complexity index is 590. The molecule has 0 aromatic rings. The van der Waals surface area contributed by atoms with Crippen LogP contribution >= 0.6 is 0 Å². The van der Waals surface area contributed by atoms with Crippen molar-refractivity contribution in [3.63, 3.8) is 0 Å². The zero-order chi connectivity index (χ0) is 18.6. The first-order chi connectivity index (χ1) is 11.6. The third-order valence-electron chi connectivity index (χ3n) is 7.94. The van der Waals surface area contributed by atoms with E-state index >= 15 is 0 Å². The molecule has 0 saturated heterocycles. The van der Waals surface area contributed by atoms with E-state index in [0.29, 0.717) is 23.7 Å². The SMILES string of the molecule is C=CC1=C[C@@H](OC(C)=O)[C@@H]2[C@H](CC[C@@H]3C(C)(C)[C@H](O)CC[C@@]23C)[C@@H]1C. The highest BCUT2D eigenvalue weighted by Gasteiger charge is 2.60. The molecule has 0 radical (unpaired) electrons. The summed E-state index contributed by atoms with van der Waals surface area (Å²) in [6, 6.07) is 0. The summed E-state index contributed by atoms with van der Waals surface area (Å²) in [5, 5.41) is 10.6. The first kappa shape index (κ1) is 18.7. The molecular formula is C22H34O3. The van der Waals surface area contributed by atoms with Gasteiger partial charge in [-0.1, -0.05) is 40.3 Å². The largest absolute Gasteiger partial charge is 0.458 e. The maximum absolute atomic E-state index is 11.8. The second-order valence-corrected chi connectivity index (χ2v) is 9.43. The van der Waals surface area contributed by atoms with E-state index in [4.69, 9.17) is 4.74 Å². The molecule has 0 aromatic heterocycles. The van der Waals surface area contributed by atoms with Gasteiger partial charge in [-0.05, 0) is 65.9 Å². The molecule has 0 bridgehead atoms. The maximum Gasteiger partial charge on any atom is 0.303 e. The number of hydrogen-bond acceptors (Lipinski definition) is 3. The topological polar surface area (TPSA) is 46.5 Å². The molecule has 2 saturated carbocycles. The van der Waals surface area contributed by atoms with E-state index in [0.717, 1.165) is 25.7 Å². The lowest BCUT2D eigenvalue weighted by Crippen LogP contribution is -2.60. The maximum atomic E-state index is 11.8. The van der Waals surface area contributed by atoms with Crippen LogP contribution in [-0.2, 0) is 9.53 Å². The van der Waals surface area contributed by atoms with E-state index < -0.39 is 0 Å². The Balaban J connectivity index is 2.06. The standard InChI is InChI=1S/C22H34O3/c1-7-15-12-17(25-14(3)23)20-16(13(15)2)8-9-18-21(4,5)19(24)10-11-22(18,20)6/h7,12-13,16-20,24H,1,8-11H2,2-6H3/t13-,16-,17-,18-,19-,20+,22-/m1/s1. The van der Waals surface area contributed by atoms with Crippen LogP contribution in [0, 0.1) is 34.5 Å². The van der Waals surface area contributed by atoms with Gasteiger partial charge in [0.15, 0.2) is 0 Å². The molecule has 0 aliphatic heterocycles. The highest BCUT2D eigenvalue weighted by molar-refractivity contribution is 5.66. The third-order valence-corrected chi connectivity index (χ3v) is 7.94. The average molecular weight is 347 g/mol. The summed E-state index contributed by atoms with van der Waals surface area (Å²) in [6.07, 6.45) is 7.77. The molecule has 0 unspecified atom stereocenters. The Kier molecular flexibility index (Phi) is 4.68. The zero-order valence-corrected chi connectivity index (χ0v) is 16.4. The highest BCUT2D eigenvalue weighted by Crippen LogP contribution is 2.64. The van der Waals surface area contributed by atoms with Crippen LogP contribution in [-0.4, -0.2) is 23.3 Å². The van der Waals surface area contributed by atoms with Gasteiger partial charge in [0.25, 0.3) is 0 Å². The van der Waals surface area contributed by atoms with Crippen molar-refractivity contribution in [1.82, 2.24) is 0 Å². The van der Waals surface area contributed by atoms with Crippen molar-refractivity contribution in [1.29, 1.82) is 0 Å². The second kappa shape index (κ2) is 6.26. The Morgan fingerprint density at radius 3 is 2.60 bits per heavy atom. The van der Waals surface area contributed by atoms with Gasteiger partial charge in [-0.25, -0.2) is 0 Å². The van der Waals surface area contributed by atoms with E-state index in [1.807, 2.05) is 6.08 Å². The summed E-state index contributed by atoms with van der Waals surface area (Å²) in [5.74, 6) is 1.52. The van der Waals surface area contributed by atoms with E-state index in [1.165, 1.54) is 12.5 Å². The summed E-state index contributed by atoms with van der Waals surface area (Å²) < 4.78 is 5.82. The molecule has 0 amide bonds. The van der Waals surface area contributed by atoms with Gasteiger partial charge in [-0.3, -0.25) is 4.79 Å². The van der Waals surface area contributed by atoms with Crippen molar-refractivity contribution in [3.8, 4) is 0 Å². The van der Waals surface area contributed by atoms with E-state index in [1.54, 1.807) is 0 Å². The molecule has 3 nitrogen and oxygen atoms in total. The normalized spacial score (nSPS) is 45.6. The van der Waals surface area contributed by atoms with Crippen molar-refractivity contribution < 1.29 is 14.6 Å². The van der Waals surface area contributed by atoms with Crippen molar-refractivity contribution >= 4 is 5.97 Å². The van der Waals surface area contributed by atoms with Gasteiger partial charge in [-0.15, -0.1) is 0 Å². The Morgan fingerprint density at radius 1 is 1.32 bits per heavy atom.